The van der Waals surface area contributed by atoms with Gasteiger partial charge in [-0.1, -0.05) is 24.6 Å². The quantitative estimate of drug-likeness (QED) is 0.626. The number of carbonyl (C=O) groups excluding carboxylic acids is 2. The van der Waals surface area contributed by atoms with Crippen molar-refractivity contribution in [2.75, 3.05) is 0 Å². The molecule has 2 N–H and O–H groups in total. The van der Waals surface area contributed by atoms with Crippen molar-refractivity contribution in [3.8, 4) is 0 Å². The molecule has 1 aromatic rings. The van der Waals surface area contributed by atoms with Gasteiger partial charge in [0.2, 0.25) is 5.91 Å². The summed E-state index contributed by atoms with van der Waals surface area (Å²) in [7, 11) is 0. The van der Waals surface area contributed by atoms with Crippen LogP contribution in [0.4, 0.5) is 0 Å². The highest BCUT2D eigenvalue weighted by Gasteiger charge is 2.08. The first kappa shape index (κ1) is 17.2. The fraction of sp³-hybridized carbons (Fsp3) is 0.400. The first-order valence-electron chi connectivity index (χ1n) is 6.80. The smallest absolute Gasteiger partial charge is 0.271 e. The van der Waals surface area contributed by atoms with Gasteiger partial charge in [0.25, 0.3) is 5.91 Å². The Hall–Kier alpha value is -1.88. The minimum Gasteiger partial charge on any atom is -0.353 e. The zero-order valence-corrected chi connectivity index (χ0v) is 13.2. The lowest BCUT2D eigenvalue weighted by atomic mass is 10.2. The van der Waals surface area contributed by atoms with Gasteiger partial charge in [-0.2, -0.15) is 5.10 Å². The molecule has 21 heavy (non-hydrogen) atoms. The van der Waals surface area contributed by atoms with Crippen LogP contribution in [-0.2, 0) is 4.79 Å². The fourth-order valence-electron chi connectivity index (χ4n) is 1.54. The lowest BCUT2D eigenvalue weighted by molar-refractivity contribution is -0.120. The Bertz CT molecular complexity index is 543. The number of nitrogens with zero attached hydrogens (tertiary/aromatic N) is 1. The van der Waals surface area contributed by atoms with Crippen molar-refractivity contribution in [3.63, 3.8) is 0 Å². The van der Waals surface area contributed by atoms with Crippen LogP contribution in [0.3, 0.4) is 0 Å². The average molecular weight is 310 g/mol. The lowest BCUT2D eigenvalue weighted by Gasteiger charge is -2.11. The van der Waals surface area contributed by atoms with E-state index in [4.69, 9.17) is 11.6 Å². The number of hydrazone groups is 1. The highest BCUT2D eigenvalue weighted by molar-refractivity contribution is 6.30. The Morgan fingerprint density at radius 2 is 2.10 bits per heavy atom. The SMILES string of the molecule is CCC(C)NC(=O)C/C(C)=N/NC(=O)c1cccc(Cl)c1. The van der Waals surface area contributed by atoms with E-state index >= 15 is 0 Å². The van der Waals surface area contributed by atoms with Gasteiger partial charge >= 0.3 is 0 Å². The van der Waals surface area contributed by atoms with Crippen LogP contribution in [0, 0.1) is 0 Å². The van der Waals surface area contributed by atoms with Crippen LogP contribution in [0.5, 0.6) is 0 Å². The lowest BCUT2D eigenvalue weighted by Crippen LogP contribution is -2.33. The molecule has 1 aromatic carbocycles. The van der Waals surface area contributed by atoms with Crippen LogP contribution in [0.1, 0.15) is 44.0 Å². The maximum absolute atomic E-state index is 11.8. The third kappa shape index (κ3) is 6.40. The number of hydrogen-bond donors (Lipinski definition) is 2. The molecule has 114 valence electrons. The van der Waals surface area contributed by atoms with E-state index in [1.165, 1.54) is 0 Å². The number of carbonyl (C=O) groups is 2. The summed E-state index contributed by atoms with van der Waals surface area (Å²) in [5.74, 6) is -0.471. The molecule has 0 bridgehead atoms. The summed E-state index contributed by atoms with van der Waals surface area (Å²) in [6, 6.07) is 6.70. The maximum Gasteiger partial charge on any atom is 0.271 e. The second-order valence-electron chi connectivity index (χ2n) is 4.85. The van der Waals surface area contributed by atoms with Crippen molar-refractivity contribution in [1.29, 1.82) is 0 Å². The van der Waals surface area contributed by atoms with Gasteiger partial charge in [0.15, 0.2) is 0 Å². The van der Waals surface area contributed by atoms with E-state index in [0.717, 1.165) is 6.42 Å². The Morgan fingerprint density at radius 1 is 1.38 bits per heavy atom. The zero-order chi connectivity index (χ0) is 15.8. The summed E-state index contributed by atoms with van der Waals surface area (Å²) in [5, 5.41) is 7.24. The number of hydrogen-bond acceptors (Lipinski definition) is 3. The van der Waals surface area contributed by atoms with Gasteiger partial charge in [-0.15, -0.1) is 0 Å². The van der Waals surface area contributed by atoms with Crippen molar-refractivity contribution < 1.29 is 9.59 Å². The molecule has 1 atom stereocenters. The summed E-state index contributed by atoms with van der Waals surface area (Å²) in [6.07, 6.45) is 1.02. The minimum atomic E-state index is -0.362. The molecule has 1 unspecified atom stereocenters. The molecule has 6 heteroatoms. The number of rotatable bonds is 6. The van der Waals surface area contributed by atoms with E-state index in [1.54, 1.807) is 31.2 Å². The predicted octanol–water partition coefficient (Wildman–Crippen LogP) is 2.75. The van der Waals surface area contributed by atoms with Crippen LogP contribution in [0.2, 0.25) is 5.02 Å². The minimum absolute atomic E-state index is 0.109. The number of benzene rings is 1. The van der Waals surface area contributed by atoms with Crippen LogP contribution >= 0.6 is 11.6 Å². The third-order valence-corrected chi connectivity index (χ3v) is 3.11. The van der Waals surface area contributed by atoms with Crippen molar-refractivity contribution in [3.05, 3.63) is 34.9 Å². The van der Waals surface area contributed by atoms with Gasteiger partial charge in [0.1, 0.15) is 0 Å². The van der Waals surface area contributed by atoms with E-state index in [9.17, 15) is 9.59 Å². The van der Waals surface area contributed by atoms with Crippen molar-refractivity contribution >= 4 is 29.1 Å². The molecule has 0 aliphatic carbocycles. The molecule has 0 aromatic heterocycles. The van der Waals surface area contributed by atoms with Crippen LogP contribution < -0.4 is 10.7 Å². The largest absolute Gasteiger partial charge is 0.353 e. The molecule has 0 fully saturated rings. The van der Waals surface area contributed by atoms with Gasteiger partial charge in [-0.25, -0.2) is 5.43 Å². The van der Waals surface area contributed by atoms with Crippen molar-refractivity contribution in [2.45, 2.75) is 39.7 Å². The summed E-state index contributed by atoms with van der Waals surface area (Å²) >= 11 is 5.81. The maximum atomic E-state index is 11.8. The summed E-state index contributed by atoms with van der Waals surface area (Å²) < 4.78 is 0. The predicted molar refractivity (Wildman–Crippen MR) is 84.5 cm³/mol. The standard InChI is InChI=1S/C15H20ClN3O2/c1-4-10(2)17-14(20)8-11(3)18-19-15(21)12-6-5-7-13(16)9-12/h5-7,9-10H,4,8H2,1-3H3,(H,17,20)(H,19,21)/b18-11+. The number of halogens is 1. The third-order valence-electron chi connectivity index (χ3n) is 2.87. The Balaban J connectivity index is 2.52. The van der Waals surface area contributed by atoms with E-state index in [-0.39, 0.29) is 24.3 Å². The molecule has 0 saturated heterocycles. The molecule has 0 aliphatic rings. The zero-order valence-electron chi connectivity index (χ0n) is 12.4. The Morgan fingerprint density at radius 3 is 2.71 bits per heavy atom. The van der Waals surface area contributed by atoms with Gasteiger partial charge in [0, 0.05) is 22.3 Å². The normalized spacial score (nSPS) is 12.7. The van der Waals surface area contributed by atoms with Gasteiger partial charge in [-0.05, 0) is 38.5 Å². The highest BCUT2D eigenvalue weighted by Crippen LogP contribution is 2.10. The average Bonchev–Trinajstić information content (AvgIpc) is 2.44. The molecule has 5 nitrogen and oxygen atoms in total. The second-order valence-corrected chi connectivity index (χ2v) is 5.29. The molecule has 0 radical (unpaired) electrons. The number of amides is 2. The van der Waals surface area contributed by atoms with Crippen LogP contribution in [-0.4, -0.2) is 23.6 Å². The van der Waals surface area contributed by atoms with E-state index in [2.05, 4.69) is 15.8 Å². The van der Waals surface area contributed by atoms with Gasteiger partial charge < -0.3 is 5.32 Å². The molecular formula is C15H20ClN3O2. The van der Waals surface area contributed by atoms with Crippen LogP contribution in [0.15, 0.2) is 29.4 Å². The van der Waals surface area contributed by atoms with E-state index < -0.39 is 0 Å². The van der Waals surface area contributed by atoms with Gasteiger partial charge in [-0.3, -0.25) is 9.59 Å². The Labute approximate surface area is 129 Å². The van der Waals surface area contributed by atoms with Gasteiger partial charge in [0.05, 0.1) is 6.42 Å². The van der Waals surface area contributed by atoms with Crippen molar-refractivity contribution in [2.24, 2.45) is 5.10 Å². The first-order chi connectivity index (χ1) is 9.92. The molecule has 0 aliphatic heterocycles. The molecule has 0 saturated carbocycles. The topological polar surface area (TPSA) is 70.6 Å². The monoisotopic (exact) mass is 309 g/mol. The van der Waals surface area contributed by atoms with Crippen molar-refractivity contribution in [1.82, 2.24) is 10.7 Å². The van der Waals surface area contributed by atoms with E-state index in [1.807, 2.05) is 13.8 Å². The summed E-state index contributed by atoms with van der Waals surface area (Å²) in [4.78, 5) is 23.5. The molecular weight excluding hydrogens is 290 g/mol. The fourth-order valence-corrected chi connectivity index (χ4v) is 1.73. The second kappa shape index (κ2) is 8.42. The number of nitrogens with one attached hydrogen (secondary N) is 2. The first-order valence-corrected chi connectivity index (χ1v) is 7.18. The van der Waals surface area contributed by atoms with E-state index in [0.29, 0.717) is 16.3 Å². The summed E-state index contributed by atoms with van der Waals surface area (Å²) in [5.41, 5.74) is 3.36. The Kier molecular flexibility index (Phi) is 6.88. The molecule has 0 spiro atoms. The highest BCUT2D eigenvalue weighted by atomic mass is 35.5. The summed E-state index contributed by atoms with van der Waals surface area (Å²) in [6.45, 7) is 5.62. The molecule has 0 heterocycles. The molecule has 1 rings (SSSR count). The molecule has 2 amide bonds. The van der Waals surface area contributed by atoms with Crippen LogP contribution in [0.25, 0.3) is 0 Å².